The molecule has 0 saturated carbocycles. The summed E-state index contributed by atoms with van der Waals surface area (Å²) in [5.41, 5.74) is 3.40. The van der Waals surface area contributed by atoms with Crippen molar-refractivity contribution in [3.8, 4) is 0 Å². The smallest absolute Gasteiger partial charge is 0.265 e. The van der Waals surface area contributed by atoms with Crippen LogP contribution in [0.1, 0.15) is 37.3 Å². The number of benzene rings is 1. The number of carbonyl (C=O) groups is 1. The summed E-state index contributed by atoms with van der Waals surface area (Å²) in [6, 6.07) is 2.80. The fourth-order valence-electron chi connectivity index (χ4n) is 1.99. The number of nitrogens with one attached hydrogen (secondary N) is 2. The van der Waals surface area contributed by atoms with Crippen molar-refractivity contribution < 1.29 is 14.4 Å². The van der Waals surface area contributed by atoms with E-state index in [1.54, 1.807) is 31.5 Å². The molecule has 106 valence electrons. The zero-order valence-electron chi connectivity index (χ0n) is 11.6. The van der Waals surface area contributed by atoms with Crippen LogP contribution in [-0.2, 0) is 4.79 Å². The van der Waals surface area contributed by atoms with Crippen molar-refractivity contribution in [2.24, 2.45) is 0 Å². The Hall–Kier alpha value is -1.62. The number of carbonyl (C=O) groups excluding carboxylic acids is 1. The van der Waals surface area contributed by atoms with E-state index < -0.39 is 11.9 Å². The van der Waals surface area contributed by atoms with Crippen LogP contribution in [0.5, 0.6) is 0 Å². The Morgan fingerprint density at radius 2 is 1.95 bits per heavy atom. The molecule has 4 nitrogen and oxygen atoms in total. The number of hydrogen-bond donors (Lipinski definition) is 3. The molecule has 0 saturated heterocycles. The summed E-state index contributed by atoms with van der Waals surface area (Å²) in [7, 11) is 0. The third-order valence-electron chi connectivity index (χ3n) is 3.05. The predicted octanol–water partition coefficient (Wildman–Crippen LogP) is 2.92. The molecule has 1 aromatic rings. The number of hydroxylamine groups is 1. The average Bonchev–Trinajstić information content (AvgIpc) is 2.39. The topological polar surface area (TPSA) is 61.4 Å². The van der Waals surface area contributed by atoms with Crippen LogP contribution in [0, 0.1) is 19.7 Å². The first-order valence-corrected chi connectivity index (χ1v) is 6.46. The van der Waals surface area contributed by atoms with Crippen molar-refractivity contribution in [3.05, 3.63) is 29.1 Å². The minimum Gasteiger partial charge on any atom is -0.374 e. The summed E-state index contributed by atoms with van der Waals surface area (Å²) >= 11 is 0. The number of anilines is 1. The third-order valence-corrected chi connectivity index (χ3v) is 3.05. The van der Waals surface area contributed by atoms with Crippen molar-refractivity contribution in [2.75, 3.05) is 5.32 Å². The van der Waals surface area contributed by atoms with Crippen LogP contribution in [0.3, 0.4) is 0 Å². The molecule has 0 heterocycles. The minimum atomic E-state index is -0.519. The maximum Gasteiger partial charge on any atom is 0.265 e. The van der Waals surface area contributed by atoms with Crippen molar-refractivity contribution >= 4 is 11.6 Å². The summed E-state index contributed by atoms with van der Waals surface area (Å²) in [6.07, 6.45) is 2.43. The van der Waals surface area contributed by atoms with Gasteiger partial charge in [-0.05, 0) is 43.5 Å². The highest BCUT2D eigenvalue weighted by Gasteiger charge is 2.17. The number of rotatable bonds is 6. The van der Waals surface area contributed by atoms with E-state index in [2.05, 4.69) is 5.32 Å². The lowest BCUT2D eigenvalue weighted by atomic mass is 10.1. The van der Waals surface area contributed by atoms with Gasteiger partial charge in [0.2, 0.25) is 0 Å². The molecule has 0 aromatic heterocycles. The molecule has 19 heavy (non-hydrogen) atoms. The van der Waals surface area contributed by atoms with Gasteiger partial charge >= 0.3 is 0 Å². The SMILES string of the molecule is CCCC[C@@H](Nc1cc(C)c(F)c(C)c1)C(=O)NO. The molecule has 1 rings (SSSR count). The molecule has 0 fully saturated rings. The molecule has 1 atom stereocenters. The first kappa shape index (κ1) is 15.4. The Kier molecular flexibility index (Phi) is 5.76. The summed E-state index contributed by atoms with van der Waals surface area (Å²) < 4.78 is 13.5. The van der Waals surface area contributed by atoms with Crippen molar-refractivity contribution in [1.29, 1.82) is 0 Å². The first-order valence-electron chi connectivity index (χ1n) is 6.46. The standard InChI is InChI=1S/C14H21FN2O2/c1-4-5-6-12(14(18)17-19)16-11-7-9(2)13(15)10(3)8-11/h7-8,12,16,19H,4-6H2,1-3H3,(H,17,18)/t12-/m1/s1. The van der Waals surface area contributed by atoms with Crippen molar-refractivity contribution in [2.45, 2.75) is 46.1 Å². The molecule has 0 spiro atoms. The lowest BCUT2D eigenvalue weighted by molar-refractivity contribution is -0.130. The molecule has 1 amide bonds. The maximum absolute atomic E-state index is 13.5. The van der Waals surface area contributed by atoms with E-state index >= 15 is 0 Å². The minimum absolute atomic E-state index is 0.234. The molecule has 5 heteroatoms. The first-order chi connectivity index (χ1) is 8.99. The molecule has 0 aliphatic carbocycles. The van der Waals surface area contributed by atoms with E-state index in [4.69, 9.17) is 5.21 Å². The van der Waals surface area contributed by atoms with Crippen LogP contribution in [0.25, 0.3) is 0 Å². The normalized spacial score (nSPS) is 12.1. The third kappa shape index (κ3) is 4.21. The molecular weight excluding hydrogens is 247 g/mol. The lowest BCUT2D eigenvalue weighted by Gasteiger charge is -2.18. The molecular formula is C14H21FN2O2. The summed E-state index contributed by atoms with van der Waals surface area (Å²) in [4.78, 5) is 11.6. The van der Waals surface area contributed by atoms with Crippen LogP contribution >= 0.6 is 0 Å². The predicted molar refractivity (Wildman–Crippen MR) is 72.7 cm³/mol. The van der Waals surface area contributed by atoms with Gasteiger partial charge in [0, 0.05) is 5.69 Å². The van der Waals surface area contributed by atoms with Gasteiger partial charge in [0.15, 0.2) is 0 Å². The van der Waals surface area contributed by atoms with Gasteiger partial charge in [-0.2, -0.15) is 0 Å². The Morgan fingerprint density at radius 1 is 1.37 bits per heavy atom. The van der Waals surface area contributed by atoms with E-state index in [-0.39, 0.29) is 5.82 Å². The molecule has 3 N–H and O–H groups in total. The van der Waals surface area contributed by atoms with Crippen LogP contribution in [0.4, 0.5) is 10.1 Å². The molecule has 0 unspecified atom stereocenters. The van der Waals surface area contributed by atoms with Gasteiger partial charge in [0.1, 0.15) is 11.9 Å². The highest BCUT2D eigenvalue weighted by atomic mass is 19.1. The second-order valence-corrected chi connectivity index (χ2v) is 4.74. The molecule has 0 radical (unpaired) electrons. The Balaban J connectivity index is 2.86. The van der Waals surface area contributed by atoms with Crippen LogP contribution in [-0.4, -0.2) is 17.2 Å². The van der Waals surface area contributed by atoms with E-state index in [0.29, 0.717) is 23.2 Å². The van der Waals surface area contributed by atoms with E-state index in [1.807, 2.05) is 6.92 Å². The Labute approximate surface area is 113 Å². The lowest BCUT2D eigenvalue weighted by Crippen LogP contribution is -2.38. The number of amides is 1. The monoisotopic (exact) mass is 268 g/mol. The van der Waals surface area contributed by atoms with Gasteiger partial charge in [-0.15, -0.1) is 0 Å². The molecule has 1 aromatic carbocycles. The second kappa shape index (κ2) is 7.09. The average molecular weight is 268 g/mol. The highest BCUT2D eigenvalue weighted by Crippen LogP contribution is 2.20. The second-order valence-electron chi connectivity index (χ2n) is 4.74. The van der Waals surface area contributed by atoms with Crippen molar-refractivity contribution in [1.82, 2.24) is 5.48 Å². The fraction of sp³-hybridized carbons (Fsp3) is 0.500. The van der Waals surface area contributed by atoms with Gasteiger partial charge in [-0.25, -0.2) is 9.87 Å². The zero-order chi connectivity index (χ0) is 14.4. The summed E-state index contributed by atoms with van der Waals surface area (Å²) in [6.45, 7) is 5.39. The van der Waals surface area contributed by atoms with E-state index in [9.17, 15) is 9.18 Å². The van der Waals surface area contributed by atoms with Gasteiger partial charge in [-0.3, -0.25) is 10.0 Å². The fourth-order valence-corrected chi connectivity index (χ4v) is 1.99. The van der Waals surface area contributed by atoms with Gasteiger partial charge in [-0.1, -0.05) is 19.8 Å². The Bertz CT molecular complexity index is 426. The Morgan fingerprint density at radius 3 is 2.42 bits per heavy atom. The number of aryl methyl sites for hydroxylation is 2. The number of halogens is 1. The van der Waals surface area contributed by atoms with Crippen LogP contribution in [0.15, 0.2) is 12.1 Å². The largest absolute Gasteiger partial charge is 0.374 e. The molecule has 0 bridgehead atoms. The summed E-state index contributed by atoms with van der Waals surface area (Å²) in [5, 5.41) is 11.8. The summed E-state index contributed by atoms with van der Waals surface area (Å²) in [5.74, 6) is -0.713. The van der Waals surface area contributed by atoms with Crippen molar-refractivity contribution in [3.63, 3.8) is 0 Å². The molecule has 0 aliphatic heterocycles. The van der Waals surface area contributed by atoms with Crippen LogP contribution < -0.4 is 10.8 Å². The number of hydrogen-bond acceptors (Lipinski definition) is 3. The number of unbranched alkanes of at least 4 members (excludes halogenated alkanes) is 1. The van der Waals surface area contributed by atoms with Gasteiger partial charge in [0.25, 0.3) is 5.91 Å². The quantitative estimate of drug-likeness (QED) is 0.549. The maximum atomic E-state index is 13.5. The van der Waals surface area contributed by atoms with Gasteiger partial charge < -0.3 is 5.32 Å². The van der Waals surface area contributed by atoms with E-state index in [0.717, 1.165) is 12.8 Å². The molecule has 0 aliphatic rings. The highest BCUT2D eigenvalue weighted by molar-refractivity contribution is 5.83. The zero-order valence-corrected chi connectivity index (χ0v) is 11.6. The van der Waals surface area contributed by atoms with Gasteiger partial charge in [0.05, 0.1) is 0 Å². The van der Waals surface area contributed by atoms with E-state index in [1.165, 1.54) is 0 Å². The van der Waals surface area contributed by atoms with Crippen LogP contribution in [0.2, 0.25) is 0 Å².